The summed E-state index contributed by atoms with van der Waals surface area (Å²) in [5, 5.41) is 0.706. The highest BCUT2D eigenvalue weighted by atomic mass is 32.1. The number of carbonyl (C=O) groups excluding carboxylic acids is 2. The fourth-order valence-electron chi connectivity index (χ4n) is 3.35. The van der Waals surface area contributed by atoms with Crippen LogP contribution in [-0.2, 0) is 28.8 Å². The van der Waals surface area contributed by atoms with Gasteiger partial charge in [-0.3, -0.25) is 14.4 Å². The Morgan fingerprint density at radius 3 is 2.93 bits per heavy atom. The highest BCUT2D eigenvalue weighted by Gasteiger charge is 2.20. The van der Waals surface area contributed by atoms with Gasteiger partial charge in [0.25, 0.3) is 5.56 Å². The van der Waals surface area contributed by atoms with E-state index in [9.17, 15) is 14.4 Å². The number of rotatable bonds is 6. The molecule has 0 saturated carbocycles. The molecule has 2 N–H and O–H groups in total. The van der Waals surface area contributed by atoms with E-state index in [1.807, 2.05) is 0 Å². The number of ketones is 1. The molecule has 4 rings (SSSR count). The normalized spacial score (nSPS) is 13.5. The minimum Gasteiger partial charge on any atom is -0.457 e. The Balaban J connectivity index is 1.39. The van der Waals surface area contributed by atoms with Crippen molar-refractivity contribution < 1.29 is 14.3 Å². The lowest BCUT2D eigenvalue weighted by atomic mass is 9.97. The molecule has 3 aromatic rings. The average molecular weight is 385 g/mol. The number of hydrogen-bond donors (Lipinski definition) is 2. The van der Waals surface area contributed by atoms with Gasteiger partial charge in [-0.2, -0.15) is 0 Å². The third kappa shape index (κ3) is 3.71. The van der Waals surface area contributed by atoms with E-state index in [1.165, 1.54) is 4.88 Å². The first-order chi connectivity index (χ1) is 13.1. The van der Waals surface area contributed by atoms with Crippen LogP contribution in [-0.4, -0.2) is 33.3 Å². The van der Waals surface area contributed by atoms with Gasteiger partial charge in [0.05, 0.1) is 17.5 Å². The first kappa shape index (κ1) is 17.7. The van der Waals surface area contributed by atoms with Gasteiger partial charge in [-0.15, -0.1) is 11.3 Å². The number of fused-ring (bicyclic) bond motifs is 3. The summed E-state index contributed by atoms with van der Waals surface area (Å²) in [5.41, 5.74) is 1.41. The van der Waals surface area contributed by atoms with Crippen LogP contribution in [0, 0.1) is 0 Å². The molecular weight excluding hydrogens is 366 g/mol. The number of H-pyrrole nitrogens is 2. The van der Waals surface area contributed by atoms with E-state index in [-0.39, 0.29) is 30.8 Å². The average Bonchev–Trinajstić information content (AvgIpc) is 3.32. The maximum Gasteiger partial charge on any atom is 0.306 e. The summed E-state index contributed by atoms with van der Waals surface area (Å²) in [6.45, 7) is -0.306. The molecule has 0 aromatic carbocycles. The number of thiophene rings is 1. The van der Waals surface area contributed by atoms with E-state index in [4.69, 9.17) is 4.74 Å². The molecule has 0 fully saturated rings. The lowest BCUT2D eigenvalue weighted by Crippen LogP contribution is -2.17. The van der Waals surface area contributed by atoms with Gasteiger partial charge in [0.2, 0.25) is 5.78 Å². The molecule has 0 bridgehead atoms. The zero-order chi connectivity index (χ0) is 18.8. The zero-order valence-electron chi connectivity index (χ0n) is 14.7. The van der Waals surface area contributed by atoms with Crippen molar-refractivity contribution in [2.45, 2.75) is 38.5 Å². The van der Waals surface area contributed by atoms with Crippen LogP contribution in [0.2, 0.25) is 0 Å². The Morgan fingerprint density at radius 1 is 1.26 bits per heavy atom. The van der Waals surface area contributed by atoms with Crippen molar-refractivity contribution in [3.63, 3.8) is 0 Å². The van der Waals surface area contributed by atoms with Gasteiger partial charge in [0.15, 0.2) is 6.61 Å². The summed E-state index contributed by atoms with van der Waals surface area (Å²) in [6.07, 6.45) is 6.15. The van der Waals surface area contributed by atoms with Crippen molar-refractivity contribution in [1.29, 1.82) is 0 Å². The van der Waals surface area contributed by atoms with Crippen molar-refractivity contribution >= 4 is 33.3 Å². The Labute approximate surface area is 158 Å². The van der Waals surface area contributed by atoms with Crippen molar-refractivity contribution in [3.05, 3.63) is 50.6 Å². The molecule has 7 nitrogen and oxygen atoms in total. The molecule has 8 heteroatoms. The minimum absolute atomic E-state index is 0.0531. The molecule has 27 heavy (non-hydrogen) atoms. The number of nitrogens with one attached hydrogen (secondary N) is 2. The maximum absolute atomic E-state index is 12.5. The third-order valence-corrected chi connectivity index (χ3v) is 5.89. The Morgan fingerprint density at radius 2 is 2.11 bits per heavy atom. The summed E-state index contributed by atoms with van der Waals surface area (Å²) < 4.78 is 5.01. The Bertz CT molecular complexity index is 1050. The summed E-state index contributed by atoms with van der Waals surface area (Å²) in [6, 6.07) is 3.33. The van der Waals surface area contributed by atoms with Crippen molar-refractivity contribution in [2.24, 2.45) is 0 Å². The van der Waals surface area contributed by atoms with Crippen molar-refractivity contribution in [3.8, 4) is 0 Å². The first-order valence-corrected chi connectivity index (χ1v) is 9.79. The van der Waals surface area contributed by atoms with E-state index in [1.54, 1.807) is 29.7 Å². The van der Waals surface area contributed by atoms with Gasteiger partial charge >= 0.3 is 5.97 Å². The second kappa shape index (κ2) is 7.48. The summed E-state index contributed by atoms with van der Waals surface area (Å²) in [5.74, 6) is -0.313. The molecular formula is C19H19N3O4S. The van der Waals surface area contributed by atoms with Crippen molar-refractivity contribution in [1.82, 2.24) is 15.0 Å². The van der Waals surface area contributed by atoms with Crippen LogP contribution in [0.5, 0.6) is 0 Å². The molecule has 0 amide bonds. The molecule has 0 aliphatic heterocycles. The molecule has 1 aliphatic carbocycles. The van der Waals surface area contributed by atoms with Gasteiger partial charge in [0.1, 0.15) is 10.7 Å². The standard InChI is InChI=1S/C19H19N3O4S/c23-13(12-5-3-9-20-12)10-26-16(24)8-7-15-21-18(25)17-11-4-1-2-6-14(11)27-19(17)22-15/h3,5,9,20H,1-2,4,6-8,10H2,(H,21,22,25). The zero-order valence-corrected chi connectivity index (χ0v) is 15.5. The number of carbonyl (C=O) groups is 2. The largest absolute Gasteiger partial charge is 0.457 e. The SMILES string of the molecule is O=C(CCc1nc2sc3c(c2c(=O)[nH]1)CCCC3)OCC(=O)c1ccc[nH]1. The van der Waals surface area contributed by atoms with E-state index in [0.29, 0.717) is 16.9 Å². The van der Waals surface area contributed by atoms with Crippen LogP contribution in [0.1, 0.15) is 46.0 Å². The van der Waals surface area contributed by atoms with Crippen LogP contribution in [0.3, 0.4) is 0 Å². The molecule has 3 heterocycles. The summed E-state index contributed by atoms with van der Waals surface area (Å²) in [4.78, 5) is 48.3. The first-order valence-electron chi connectivity index (χ1n) is 8.97. The molecule has 0 atom stereocenters. The van der Waals surface area contributed by atoms with Crippen LogP contribution in [0.15, 0.2) is 23.1 Å². The van der Waals surface area contributed by atoms with Gasteiger partial charge in [0, 0.05) is 17.5 Å². The van der Waals surface area contributed by atoms with E-state index in [0.717, 1.165) is 36.1 Å². The summed E-state index contributed by atoms with van der Waals surface area (Å²) in [7, 11) is 0. The van der Waals surface area contributed by atoms with E-state index >= 15 is 0 Å². The minimum atomic E-state index is -0.497. The smallest absolute Gasteiger partial charge is 0.306 e. The predicted molar refractivity (Wildman–Crippen MR) is 101 cm³/mol. The highest BCUT2D eigenvalue weighted by molar-refractivity contribution is 7.18. The second-order valence-electron chi connectivity index (χ2n) is 6.57. The molecule has 0 unspecified atom stereocenters. The van der Waals surface area contributed by atoms with Crippen LogP contribution >= 0.6 is 11.3 Å². The molecule has 0 radical (unpaired) electrons. The van der Waals surface area contributed by atoms with Crippen LogP contribution in [0.25, 0.3) is 10.2 Å². The van der Waals surface area contributed by atoms with E-state index < -0.39 is 5.97 Å². The lowest BCUT2D eigenvalue weighted by molar-refractivity contribution is -0.142. The van der Waals surface area contributed by atoms with Crippen LogP contribution in [0.4, 0.5) is 0 Å². The molecule has 140 valence electrons. The van der Waals surface area contributed by atoms with Gasteiger partial charge in [-0.05, 0) is 43.4 Å². The molecule has 3 aromatic heterocycles. The topological polar surface area (TPSA) is 105 Å². The fourth-order valence-corrected chi connectivity index (χ4v) is 4.63. The highest BCUT2D eigenvalue weighted by Crippen LogP contribution is 2.33. The quantitative estimate of drug-likeness (QED) is 0.501. The monoisotopic (exact) mass is 385 g/mol. The number of esters is 1. The number of aryl methyl sites for hydroxylation is 3. The number of nitrogens with zero attached hydrogens (tertiary/aromatic N) is 1. The number of aromatic nitrogens is 3. The number of ether oxygens (including phenoxy) is 1. The Kier molecular flexibility index (Phi) is 4.89. The molecule has 1 aliphatic rings. The second-order valence-corrected chi connectivity index (χ2v) is 7.65. The maximum atomic E-state index is 12.5. The van der Waals surface area contributed by atoms with E-state index in [2.05, 4.69) is 15.0 Å². The van der Waals surface area contributed by atoms with Crippen molar-refractivity contribution in [2.75, 3.05) is 6.61 Å². The Hall–Kier alpha value is -2.74. The number of aromatic amines is 2. The summed E-state index contributed by atoms with van der Waals surface area (Å²) >= 11 is 1.58. The molecule has 0 saturated heterocycles. The van der Waals surface area contributed by atoms with Gasteiger partial charge in [-0.25, -0.2) is 4.98 Å². The third-order valence-electron chi connectivity index (χ3n) is 4.70. The van der Waals surface area contributed by atoms with Crippen LogP contribution < -0.4 is 5.56 Å². The number of hydrogen-bond acceptors (Lipinski definition) is 6. The molecule has 0 spiro atoms. The number of Topliss-reactive ketones (excluding diaryl/α,β-unsaturated/α-hetero) is 1. The predicted octanol–water partition coefficient (Wildman–Crippen LogP) is 2.55. The lowest BCUT2D eigenvalue weighted by Gasteiger charge is -2.09. The fraction of sp³-hybridized carbons (Fsp3) is 0.368. The van der Waals surface area contributed by atoms with Gasteiger partial charge in [-0.1, -0.05) is 0 Å². The van der Waals surface area contributed by atoms with Gasteiger partial charge < -0.3 is 14.7 Å².